The second kappa shape index (κ2) is 6.05. The molecule has 1 heterocycles. The topological polar surface area (TPSA) is 82.9 Å². The molecule has 0 aliphatic rings. The van der Waals surface area contributed by atoms with Crippen molar-refractivity contribution in [2.45, 2.75) is 39.8 Å². The average molecular weight is 249 g/mol. The number of rotatable bonds is 5. The summed E-state index contributed by atoms with van der Waals surface area (Å²) in [4.78, 5) is 8.46. The molecule has 2 N–H and O–H groups in total. The first-order valence-corrected chi connectivity index (χ1v) is 5.87. The third kappa shape index (κ3) is 3.48. The predicted octanol–water partition coefficient (Wildman–Crippen LogP) is 2.00. The van der Waals surface area contributed by atoms with Crippen molar-refractivity contribution in [3.8, 4) is 11.9 Å². The van der Waals surface area contributed by atoms with Crippen LogP contribution >= 0.6 is 0 Å². The molecule has 0 bridgehead atoms. The van der Waals surface area contributed by atoms with E-state index in [1.54, 1.807) is 0 Å². The van der Waals surface area contributed by atoms with Gasteiger partial charge in [-0.15, -0.1) is 0 Å². The van der Waals surface area contributed by atoms with Crippen LogP contribution in [0.4, 0.5) is 11.8 Å². The summed E-state index contributed by atoms with van der Waals surface area (Å²) in [7, 11) is 1.49. The van der Waals surface area contributed by atoms with Crippen LogP contribution in [0.2, 0.25) is 0 Å². The Morgan fingerprint density at radius 2 is 1.72 bits per heavy atom. The fraction of sp³-hybridized carbons (Fsp3) is 0.583. The Morgan fingerprint density at radius 3 is 2.17 bits per heavy atom. The van der Waals surface area contributed by atoms with Gasteiger partial charge in [-0.25, -0.2) is 0 Å². The Bertz CT molecular complexity index is 451. The van der Waals surface area contributed by atoms with Crippen LogP contribution in [0.1, 0.15) is 33.3 Å². The van der Waals surface area contributed by atoms with Gasteiger partial charge in [0.2, 0.25) is 11.8 Å². The molecule has 98 valence electrons. The van der Waals surface area contributed by atoms with Gasteiger partial charge in [0.05, 0.1) is 7.11 Å². The van der Waals surface area contributed by atoms with Crippen LogP contribution in [-0.2, 0) is 0 Å². The van der Waals surface area contributed by atoms with Crippen LogP contribution in [0.25, 0.3) is 0 Å². The van der Waals surface area contributed by atoms with Crippen molar-refractivity contribution in [1.29, 1.82) is 5.26 Å². The average Bonchev–Trinajstić information content (AvgIpc) is 2.26. The Hall–Kier alpha value is -2.03. The van der Waals surface area contributed by atoms with Crippen LogP contribution in [0, 0.1) is 11.3 Å². The van der Waals surface area contributed by atoms with Crippen LogP contribution in [0.5, 0.6) is 5.88 Å². The number of hydrogen-bond donors (Lipinski definition) is 2. The van der Waals surface area contributed by atoms with Gasteiger partial charge < -0.3 is 15.4 Å². The number of ether oxygens (including phenoxy) is 1. The zero-order chi connectivity index (χ0) is 13.7. The summed E-state index contributed by atoms with van der Waals surface area (Å²) in [6, 6.07) is 2.43. The lowest BCUT2D eigenvalue weighted by molar-refractivity contribution is 0.396. The van der Waals surface area contributed by atoms with Crippen molar-refractivity contribution in [3.63, 3.8) is 0 Å². The SMILES string of the molecule is COc1nc(NC(C)C)nc(NC(C)C)c1C#N. The van der Waals surface area contributed by atoms with Crippen LogP contribution in [0.15, 0.2) is 0 Å². The fourth-order valence-electron chi connectivity index (χ4n) is 1.39. The zero-order valence-electron chi connectivity index (χ0n) is 11.4. The number of methoxy groups -OCH3 is 1. The molecular formula is C12H19N5O. The van der Waals surface area contributed by atoms with E-state index in [1.807, 2.05) is 27.7 Å². The van der Waals surface area contributed by atoms with Gasteiger partial charge in [0.1, 0.15) is 6.07 Å². The lowest BCUT2D eigenvalue weighted by Gasteiger charge is -2.15. The number of hydrogen-bond acceptors (Lipinski definition) is 6. The molecule has 0 aliphatic heterocycles. The van der Waals surface area contributed by atoms with Crippen molar-refractivity contribution in [2.75, 3.05) is 17.7 Å². The molecule has 1 aromatic heterocycles. The monoisotopic (exact) mass is 249 g/mol. The molecule has 1 aromatic rings. The highest BCUT2D eigenvalue weighted by atomic mass is 16.5. The third-order valence-electron chi connectivity index (χ3n) is 2.02. The lowest BCUT2D eigenvalue weighted by atomic mass is 10.3. The summed E-state index contributed by atoms with van der Waals surface area (Å²) in [5.74, 6) is 1.21. The molecule has 18 heavy (non-hydrogen) atoms. The van der Waals surface area contributed by atoms with E-state index in [1.165, 1.54) is 7.11 Å². The van der Waals surface area contributed by atoms with E-state index >= 15 is 0 Å². The van der Waals surface area contributed by atoms with Gasteiger partial charge in [0.25, 0.3) is 0 Å². The highest BCUT2D eigenvalue weighted by Crippen LogP contribution is 2.24. The maximum absolute atomic E-state index is 9.15. The maximum Gasteiger partial charge on any atom is 0.238 e. The largest absolute Gasteiger partial charge is 0.480 e. The van der Waals surface area contributed by atoms with E-state index in [0.717, 1.165) is 0 Å². The normalized spacial score (nSPS) is 10.3. The van der Waals surface area contributed by atoms with Gasteiger partial charge in [-0.1, -0.05) is 0 Å². The molecular weight excluding hydrogens is 230 g/mol. The van der Waals surface area contributed by atoms with E-state index in [9.17, 15) is 0 Å². The number of aromatic nitrogens is 2. The summed E-state index contributed by atoms with van der Waals surface area (Å²) in [6.45, 7) is 7.93. The van der Waals surface area contributed by atoms with Gasteiger partial charge in [-0.3, -0.25) is 0 Å². The first-order chi connectivity index (χ1) is 8.47. The van der Waals surface area contributed by atoms with Gasteiger partial charge in [-0.2, -0.15) is 15.2 Å². The standard InChI is InChI=1S/C12H19N5O/c1-7(2)14-10-9(6-13)11(18-5)17-12(16-10)15-8(3)4/h7-8H,1-5H3,(H2,14,15,16,17). The van der Waals surface area contributed by atoms with Crippen molar-refractivity contribution < 1.29 is 4.74 Å². The summed E-state index contributed by atoms with van der Waals surface area (Å²) < 4.78 is 5.13. The minimum Gasteiger partial charge on any atom is -0.480 e. The Labute approximate surface area is 107 Å². The highest BCUT2D eigenvalue weighted by Gasteiger charge is 2.16. The Kier molecular flexibility index (Phi) is 4.72. The van der Waals surface area contributed by atoms with Crippen molar-refractivity contribution >= 4 is 11.8 Å². The molecule has 0 saturated carbocycles. The van der Waals surface area contributed by atoms with E-state index in [-0.39, 0.29) is 18.0 Å². The second-order valence-electron chi connectivity index (χ2n) is 4.49. The van der Waals surface area contributed by atoms with Crippen LogP contribution in [0.3, 0.4) is 0 Å². The van der Waals surface area contributed by atoms with Gasteiger partial charge in [-0.05, 0) is 27.7 Å². The summed E-state index contributed by atoms with van der Waals surface area (Å²) in [5, 5.41) is 15.4. The first kappa shape index (κ1) is 14.0. The summed E-state index contributed by atoms with van der Waals surface area (Å²) in [6.07, 6.45) is 0. The summed E-state index contributed by atoms with van der Waals surface area (Å²) in [5.41, 5.74) is 0.320. The third-order valence-corrected chi connectivity index (χ3v) is 2.02. The van der Waals surface area contributed by atoms with Gasteiger partial charge in [0.15, 0.2) is 11.4 Å². The van der Waals surface area contributed by atoms with E-state index in [4.69, 9.17) is 10.00 Å². The molecule has 0 aromatic carbocycles. The highest BCUT2D eigenvalue weighted by molar-refractivity contribution is 5.60. The van der Waals surface area contributed by atoms with Crippen LogP contribution < -0.4 is 15.4 Å². The Balaban J connectivity index is 3.23. The number of nitrogens with zero attached hydrogens (tertiary/aromatic N) is 3. The van der Waals surface area contributed by atoms with E-state index < -0.39 is 0 Å². The Morgan fingerprint density at radius 1 is 1.11 bits per heavy atom. The number of anilines is 2. The minimum atomic E-state index is 0.170. The van der Waals surface area contributed by atoms with Crippen molar-refractivity contribution in [2.24, 2.45) is 0 Å². The quantitative estimate of drug-likeness (QED) is 0.830. The maximum atomic E-state index is 9.15. The molecule has 0 unspecified atom stereocenters. The summed E-state index contributed by atoms with van der Waals surface area (Å²) >= 11 is 0. The van der Waals surface area contributed by atoms with Gasteiger partial charge in [0, 0.05) is 12.1 Å². The molecule has 0 amide bonds. The molecule has 0 atom stereocenters. The second-order valence-corrected chi connectivity index (χ2v) is 4.49. The zero-order valence-corrected chi connectivity index (χ0v) is 11.4. The van der Waals surface area contributed by atoms with E-state index in [0.29, 0.717) is 17.3 Å². The minimum absolute atomic E-state index is 0.170. The molecule has 0 radical (unpaired) electrons. The van der Waals surface area contributed by atoms with Crippen molar-refractivity contribution in [3.05, 3.63) is 5.56 Å². The molecule has 6 heteroatoms. The molecule has 0 fully saturated rings. The predicted molar refractivity (Wildman–Crippen MR) is 70.8 cm³/mol. The molecule has 6 nitrogen and oxygen atoms in total. The smallest absolute Gasteiger partial charge is 0.238 e. The molecule has 0 aliphatic carbocycles. The lowest BCUT2D eigenvalue weighted by Crippen LogP contribution is -2.17. The molecule has 0 spiro atoms. The van der Waals surface area contributed by atoms with E-state index in [2.05, 4.69) is 26.7 Å². The van der Waals surface area contributed by atoms with Crippen LogP contribution in [-0.4, -0.2) is 29.2 Å². The van der Waals surface area contributed by atoms with Gasteiger partial charge >= 0.3 is 0 Å². The first-order valence-electron chi connectivity index (χ1n) is 5.87. The molecule has 1 rings (SSSR count). The van der Waals surface area contributed by atoms with Crippen molar-refractivity contribution in [1.82, 2.24) is 9.97 Å². The number of nitrogens with one attached hydrogen (secondary N) is 2. The number of nitriles is 1. The molecule has 0 saturated heterocycles. The fourth-order valence-corrected chi connectivity index (χ4v) is 1.39.